The summed E-state index contributed by atoms with van der Waals surface area (Å²) in [6, 6.07) is 19.5. The van der Waals surface area contributed by atoms with Gasteiger partial charge in [-0.2, -0.15) is 0 Å². The van der Waals surface area contributed by atoms with Crippen molar-refractivity contribution in [2.75, 3.05) is 5.32 Å². The predicted octanol–water partition coefficient (Wildman–Crippen LogP) is 3.68. The van der Waals surface area contributed by atoms with Crippen LogP contribution in [-0.2, 0) is 17.8 Å². The summed E-state index contributed by atoms with van der Waals surface area (Å²) in [5.74, 6) is 0.190. The number of aromatic nitrogens is 5. The first kappa shape index (κ1) is 18.0. The first-order chi connectivity index (χ1) is 14.7. The van der Waals surface area contributed by atoms with Gasteiger partial charge in [0.15, 0.2) is 0 Å². The number of hydrogen-bond donors (Lipinski definition) is 2. The standard InChI is InChI=1S/C22H17FN6O/c23-16-6-2-1-5-14(16)11-21-25-17-10-9-15(12-19(17)26-21)24-22(30)13-29-20-8-4-3-7-18(20)27-28-29/h1-10,12H,11,13H2,(H,24,30)(H,25,26). The number of aromatic amines is 1. The Morgan fingerprint density at radius 1 is 1.03 bits per heavy atom. The molecule has 0 atom stereocenters. The number of carbonyl (C=O) groups is 1. The first-order valence-electron chi connectivity index (χ1n) is 9.46. The van der Waals surface area contributed by atoms with Gasteiger partial charge in [-0.3, -0.25) is 4.79 Å². The van der Waals surface area contributed by atoms with Crippen molar-refractivity contribution in [3.63, 3.8) is 0 Å². The van der Waals surface area contributed by atoms with Gasteiger partial charge in [0.25, 0.3) is 0 Å². The zero-order valence-electron chi connectivity index (χ0n) is 15.8. The topological polar surface area (TPSA) is 88.5 Å². The molecule has 7 nitrogen and oxygen atoms in total. The summed E-state index contributed by atoms with van der Waals surface area (Å²) in [7, 11) is 0. The molecular formula is C22H17FN6O. The van der Waals surface area contributed by atoms with E-state index in [2.05, 4.69) is 25.6 Å². The molecule has 0 radical (unpaired) electrons. The van der Waals surface area contributed by atoms with Crippen LogP contribution in [0.4, 0.5) is 10.1 Å². The highest BCUT2D eigenvalue weighted by Gasteiger charge is 2.11. The van der Waals surface area contributed by atoms with Gasteiger partial charge in [0.2, 0.25) is 5.91 Å². The van der Waals surface area contributed by atoms with E-state index < -0.39 is 0 Å². The third kappa shape index (κ3) is 3.50. The van der Waals surface area contributed by atoms with E-state index in [9.17, 15) is 9.18 Å². The number of anilines is 1. The second kappa shape index (κ2) is 7.40. The third-order valence-electron chi connectivity index (χ3n) is 4.84. The summed E-state index contributed by atoms with van der Waals surface area (Å²) in [5, 5.41) is 11.0. The lowest BCUT2D eigenvalue weighted by Crippen LogP contribution is -2.19. The van der Waals surface area contributed by atoms with Crippen molar-refractivity contribution in [2.45, 2.75) is 13.0 Å². The number of carbonyl (C=O) groups excluding carboxylic acids is 1. The number of rotatable bonds is 5. The number of nitrogens with one attached hydrogen (secondary N) is 2. The Hall–Kier alpha value is -4.07. The minimum absolute atomic E-state index is 0.0556. The summed E-state index contributed by atoms with van der Waals surface area (Å²) in [4.78, 5) is 20.2. The van der Waals surface area contributed by atoms with Gasteiger partial charge in [0.1, 0.15) is 23.7 Å². The van der Waals surface area contributed by atoms with E-state index in [1.54, 1.807) is 28.9 Å². The van der Waals surface area contributed by atoms with Crippen molar-refractivity contribution in [1.82, 2.24) is 25.0 Å². The summed E-state index contributed by atoms with van der Waals surface area (Å²) in [5.41, 5.74) is 4.27. The molecule has 0 aliphatic heterocycles. The van der Waals surface area contributed by atoms with E-state index in [1.807, 2.05) is 36.4 Å². The maximum absolute atomic E-state index is 13.9. The Balaban J connectivity index is 1.32. The van der Waals surface area contributed by atoms with Crippen molar-refractivity contribution in [1.29, 1.82) is 0 Å². The fourth-order valence-electron chi connectivity index (χ4n) is 3.42. The summed E-state index contributed by atoms with van der Waals surface area (Å²) in [6.45, 7) is 0.0556. The predicted molar refractivity (Wildman–Crippen MR) is 111 cm³/mol. The van der Waals surface area contributed by atoms with Crippen LogP contribution in [0.25, 0.3) is 22.1 Å². The van der Waals surface area contributed by atoms with Gasteiger partial charge in [-0.25, -0.2) is 14.1 Å². The van der Waals surface area contributed by atoms with E-state index in [-0.39, 0.29) is 18.3 Å². The normalized spacial score (nSPS) is 11.2. The molecule has 30 heavy (non-hydrogen) atoms. The van der Waals surface area contributed by atoms with Crippen molar-refractivity contribution in [3.05, 3.63) is 83.9 Å². The lowest BCUT2D eigenvalue weighted by molar-refractivity contribution is -0.116. The Bertz CT molecular complexity index is 1370. The largest absolute Gasteiger partial charge is 0.342 e. The first-order valence-corrected chi connectivity index (χ1v) is 9.46. The summed E-state index contributed by atoms with van der Waals surface area (Å²) < 4.78 is 15.5. The molecule has 148 valence electrons. The van der Waals surface area contributed by atoms with Gasteiger partial charge in [-0.05, 0) is 42.0 Å². The molecule has 8 heteroatoms. The third-order valence-corrected chi connectivity index (χ3v) is 4.84. The molecule has 5 rings (SSSR count). The van der Waals surface area contributed by atoms with Crippen LogP contribution in [0.5, 0.6) is 0 Å². The zero-order valence-corrected chi connectivity index (χ0v) is 15.8. The fourth-order valence-corrected chi connectivity index (χ4v) is 3.42. The van der Waals surface area contributed by atoms with Crippen molar-refractivity contribution in [3.8, 4) is 0 Å². The monoisotopic (exact) mass is 400 g/mol. The molecule has 1 amide bonds. The molecular weight excluding hydrogens is 383 g/mol. The quantitative estimate of drug-likeness (QED) is 0.471. The van der Waals surface area contributed by atoms with Crippen molar-refractivity contribution < 1.29 is 9.18 Å². The highest BCUT2D eigenvalue weighted by atomic mass is 19.1. The number of hydrogen-bond acceptors (Lipinski definition) is 4. The lowest BCUT2D eigenvalue weighted by Gasteiger charge is -2.05. The van der Waals surface area contributed by atoms with E-state index >= 15 is 0 Å². The van der Waals surface area contributed by atoms with Crippen molar-refractivity contribution >= 4 is 33.7 Å². The van der Waals surface area contributed by atoms with Crippen LogP contribution in [0.15, 0.2) is 66.7 Å². The van der Waals surface area contributed by atoms with Gasteiger partial charge in [0.05, 0.1) is 16.6 Å². The molecule has 0 aliphatic carbocycles. The molecule has 3 aromatic carbocycles. The second-order valence-corrected chi connectivity index (χ2v) is 6.97. The molecule has 0 saturated carbocycles. The number of amides is 1. The Morgan fingerprint density at radius 2 is 1.87 bits per heavy atom. The van der Waals surface area contributed by atoms with Crippen LogP contribution < -0.4 is 5.32 Å². The zero-order chi connectivity index (χ0) is 20.5. The molecule has 0 unspecified atom stereocenters. The van der Waals surface area contributed by atoms with E-state index in [1.165, 1.54) is 6.07 Å². The molecule has 0 fully saturated rings. The number of H-pyrrole nitrogens is 1. The number of benzene rings is 3. The van der Waals surface area contributed by atoms with Gasteiger partial charge in [-0.1, -0.05) is 35.5 Å². The minimum Gasteiger partial charge on any atom is -0.342 e. The van der Waals surface area contributed by atoms with Gasteiger partial charge >= 0.3 is 0 Å². The van der Waals surface area contributed by atoms with Gasteiger partial charge in [-0.15, -0.1) is 5.10 Å². The van der Waals surface area contributed by atoms with E-state index in [0.717, 1.165) is 22.1 Å². The molecule has 5 aromatic rings. The average Bonchev–Trinajstić information content (AvgIpc) is 3.33. The van der Waals surface area contributed by atoms with Crippen LogP contribution in [0.2, 0.25) is 0 Å². The van der Waals surface area contributed by atoms with Crippen molar-refractivity contribution in [2.24, 2.45) is 0 Å². The Kier molecular flexibility index (Phi) is 4.44. The molecule has 2 aromatic heterocycles. The van der Waals surface area contributed by atoms with E-state index in [4.69, 9.17) is 0 Å². The van der Waals surface area contributed by atoms with Crippen LogP contribution >= 0.6 is 0 Å². The van der Waals surface area contributed by atoms with Crippen LogP contribution in [0.3, 0.4) is 0 Å². The Morgan fingerprint density at radius 3 is 2.77 bits per heavy atom. The number of halogens is 1. The molecule has 2 heterocycles. The summed E-state index contributed by atoms with van der Waals surface area (Å²) in [6.07, 6.45) is 0.364. The maximum atomic E-state index is 13.9. The van der Waals surface area contributed by atoms with Crippen LogP contribution in [0.1, 0.15) is 11.4 Å². The molecule has 0 bridgehead atoms. The summed E-state index contributed by atoms with van der Waals surface area (Å²) >= 11 is 0. The van der Waals surface area contributed by atoms with Gasteiger partial charge in [0, 0.05) is 12.1 Å². The second-order valence-electron chi connectivity index (χ2n) is 6.97. The number of nitrogens with zero attached hydrogens (tertiary/aromatic N) is 4. The SMILES string of the molecule is O=C(Cn1nnc2ccccc21)Nc1ccc2nc(Cc3ccccc3F)[nH]c2c1. The molecule has 0 spiro atoms. The molecule has 0 saturated heterocycles. The smallest absolute Gasteiger partial charge is 0.246 e. The van der Waals surface area contributed by atoms with Crippen LogP contribution in [0, 0.1) is 5.82 Å². The van der Waals surface area contributed by atoms with Gasteiger partial charge < -0.3 is 10.3 Å². The Labute approximate surface area is 170 Å². The molecule has 2 N–H and O–H groups in total. The highest BCUT2D eigenvalue weighted by molar-refractivity contribution is 5.93. The fraction of sp³-hybridized carbons (Fsp3) is 0.0909. The molecule has 0 aliphatic rings. The van der Waals surface area contributed by atoms with E-state index in [0.29, 0.717) is 23.5 Å². The highest BCUT2D eigenvalue weighted by Crippen LogP contribution is 2.20. The lowest BCUT2D eigenvalue weighted by atomic mass is 10.1. The minimum atomic E-state index is -0.258. The average molecular weight is 400 g/mol. The van der Waals surface area contributed by atoms with Crippen LogP contribution in [-0.4, -0.2) is 30.9 Å². The number of para-hydroxylation sites is 1. The number of fused-ring (bicyclic) bond motifs is 2. The maximum Gasteiger partial charge on any atom is 0.246 e. The number of imidazole rings is 1.